The van der Waals surface area contributed by atoms with Gasteiger partial charge in [-0.3, -0.25) is 4.68 Å². The predicted octanol–water partition coefficient (Wildman–Crippen LogP) is 0.223. The first kappa shape index (κ1) is 10.4. The molecule has 18 heavy (non-hydrogen) atoms. The van der Waals surface area contributed by atoms with Gasteiger partial charge < -0.3 is 5.11 Å². The number of nitrogens with zero attached hydrogens (tertiary/aromatic N) is 6. The predicted molar refractivity (Wildman–Crippen MR) is 59.9 cm³/mol. The Balaban J connectivity index is 2.26. The van der Waals surface area contributed by atoms with E-state index in [0.29, 0.717) is 5.69 Å². The number of aryl methyl sites for hydroxylation is 1. The fourth-order valence-electron chi connectivity index (χ4n) is 1.66. The van der Waals surface area contributed by atoms with Crippen LogP contribution in [0.3, 0.4) is 0 Å². The molecule has 8 heteroatoms. The zero-order valence-electron chi connectivity index (χ0n) is 9.35. The largest absolute Gasteiger partial charge is 0.475 e. The Morgan fingerprint density at radius 1 is 1.44 bits per heavy atom. The average molecular weight is 244 g/mol. The van der Waals surface area contributed by atoms with E-state index in [1.165, 1.54) is 4.52 Å². The molecule has 0 saturated heterocycles. The molecule has 0 bridgehead atoms. The third-order valence-electron chi connectivity index (χ3n) is 2.43. The third kappa shape index (κ3) is 1.51. The van der Waals surface area contributed by atoms with Crippen molar-refractivity contribution in [3.05, 3.63) is 30.5 Å². The first-order valence-electron chi connectivity index (χ1n) is 5.09. The van der Waals surface area contributed by atoms with Gasteiger partial charge in [-0.1, -0.05) is 0 Å². The van der Waals surface area contributed by atoms with Gasteiger partial charge in [0.2, 0.25) is 0 Å². The average Bonchev–Trinajstić information content (AvgIpc) is 2.94. The van der Waals surface area contributed by atoms with Crippen molar-refractivity contribution in [3.8, 4) is 11.3 Å². The smallest absolute Gasteiger partial charge is 0.375 e. The highest BCUT2D eigenvalue weighted by Crippen LogP contribution is 2.17. The lowest BCUT2D eigenvalue weighted by atomic mass is 10.2. The fraction of sp³-hybridized carbons (Fsp3) is 0.100. The number of aromatic nitrogens is 6. The molecular weight excluding hydrogens is 236 g/mol. The molecule has 3 aromatic rings. The molecule has 0 aromatic carbocycles. The van der Waals surface area contributed by atoms with Gasteiger partial charge in [-0.05, 0) is 6.07 Å². The molecule has 0 aliphatic heterocycles. The van der Waals surface area contributed by atoms with Crippen molar-refractivity contribution < 1.29 is 9.90 Å². The van der Waals surface area contributed by atoms with Gasteiger partial charge in [-0.25, -0.2) is 9.78 Å². The minimum absolute atomic E-state index is 0.244. The van der Waals surface area contributed by atoms with E-state index in [2.05, 4.69) is 20.2 Å². The second-order valence-electron chi connectivity index (χ2n) is 3.69. The number of rotatable bonds is 2. The highest BCUT2D eigenvalue weighted by atomic mass is 16.4. The number of carbonyl (C=O) groups is 1. The summed E-state index contributed by atoms with van der Waals surface area (Å²) in [7, 11) is 1.80. The van der Waals surface area contributed by atoms with Crippen LogP contribution in [0.4, 0.5) is 0 Å². The normalized spacial score (nSPS) is 10.9. The number of carboxylic acids is 1. The molecule has 90 valence electrons. The van der Waals surface area contributed by atoms with E-state index < -0.39 is 5.97 Å². The van der Waals surface area contributed by atoms with Gasteiger partial charge in [0.1, 0.15) is 0 Å². The van der Waals surface area contributed by atoms with Gasteiger partial charge in [0, 0.05) is 25.0 Å². The molecule has 0 spiro atoms. The lowest BCUT2D eigenvalue weighted by molar-refractivity contribution is 0.0684. The summed E-state index contributed by atoms with van der Waals surface area (Å²) in [6, 6.07) is 1.73. The standard InChI is InChI=1S/C10H8N6O2/c1-15-5-6(4-12-15)7-2-3-11-10-13-8(9(17)18)14-16(7)10/h2-5H,1H3,(H,17,18). The topological polar surface area (TPSA) is 98.2 Å². The lowest BCUT2D eigenvalue weighted by Gasteiger charge is -1.98. The fourth-order valence-corrected chi connectivity index (χ4v) is 1.66. The Hall–Kier alpha value is -2.77. The molecule has 0 saturated carbocycles. The molecule has 3 heterocycles. The summed E-state index contributed by atoms with van der Waals surface area (Å²) in [5.41, 5.74) is 1.50. The van der Waals surface area contributed by atoms with Crippen LogP contribution in [0.1, 0.15) is 10.6 Å². The van der Waals surface area contributed by atoms with Crippen LogP contribution in [-0.4, -0.2) is 40.4 Å². The zero-order chi connectivity index (χ0) is 12.7. The Morgan fingerprint density at radius 3 is 2.94 bits per heavy atom. The van der Waals surface area contributed by atoms with Gasteiger partial charge in [-0.15, -0.1) is 5.10 Å². The van der Waals surface area contributed by atoms with E-state index in [9.17, 15) is 4.79 Å². The van der Waals surface area contributed by atoms with E-state index in [4.69, 9.17) is 5.11 Å². The minimum atomic E-state index is -1.18. The summed E-state index contributed by atoms with van der Waals surface area (Å²) in [5, 5.41) is 16.8. The Kier molecular flexibility index (Phi) is 2.09. The maximum absolute atomic E-state index is 10.8. The van der Waals surface area contributed by atoms with Crippen molar-refractivity contribution in [1.82, 2.24) is 29.4 Å². The SMILES string of the molecule is Cn1cc(-c2ccnc3nc(C(=O)O)nn23)cn1. The van der Waals surface area contributed by atoms with Gasteiger partial charge in [-0.2, -0.15) is 14.6 Å². The van der Waals surface area contributed by atoms with Crippen molar-refractivity contribution >= 4 is 11.7 Å². The first-order chi connectivity index (χ1) is 8.65. The first-order valence-corrected chi connectivity index (χ1v) is 5.09. The van der Waals surface area contributed by atoms with Crippen LogP contribution in [0.2, 0.25) is 0 Å². The van der Waals surface area contributed by atoms with E-state index in [1.807, 2.05) is 0 Å². The van der Waals surface area contributed by atoms with Crippen LogP contribution in [-0.2, 0) is 7.05 Å². The Bertz CT molecular complexity index is 744. The van der Waals surface area contributed by atoms with E-state index >= 15 is 0 Å². The quantitative estimate of drug-likeness (QED) is 0.692. The van der Waals surface area contributed by atoms with Gasteiger partial charge in [0.25, 0.3) is 11.6 Å². The van der Waals surface area contributed by atoms with Crippen LogP contribution < -0.4 is 0 Å². The summed E-state index contributed by atoms with van der Waals surface area (Å²) < 4.78 is 3.04. The highest BCUT2D eigenvalue weighted by molar-refractivity contribution is 5.83. The Labute approximate surface area is 101 Å². The summed E-state index contributed by atoms with van der Waals surface area (Å²) >= 11 is 0. The van der Waals surface area contributed by atoms with E-state index in [0.717, 1.165) is 5.56 Å². The molecule has 3 rings (SSSR count). The molecule has 0 fully saturated rings. The second kappa shape index (κ2) is 3.62. The molecular formula is C10H8N6O2. The second-order valence-corrected chi connectivity index (χ2v) is 3.69. The highest BCUT2D eigenvalue weighted by Gasteiger charge is 2.14. The molecule has 0 amide bonds. The van der Waals surface area contributed by atoms with Crippen molar-refractivity contribution in [3.63, 3.8) is 0 Å². The van der Waals surface area contributed by atoms with Crippen molar-refractivity contribution in [2.45, 2.75) is 0 Å². The number of aromatic carboxylic acids is 1. The molecule has 0 aliphatic carbocycles. The van der Waals surface area contributed by atoms with E-state index in [-0.39, 0.29) is 11.6 Å². The lowest BCUT2D eigenvalue weighted by Crippen LogP contribution is -2.00. The number of fused-ring (bicyclic) bond motifs is 1. The van der Waals surface area contributed by atoms with Gasteiger partial charge >= 0.3 is 5.97 Å². The summed E-state index contributed by atoms with van der Waals surface area (Å²) in [6.45, 7) is 0. The van der Waals surface area contributed by atoms with Crippen LogP contribution >= 0.6 is 0 Å². The number of hydrogen-bond donors (Lipinski definition) is 1. The van der Waals surface area contributed by atoms with Crippen LogP contribution in [0.25, 0.3) is 17.0 Å². The molecule has 0 radical (unpaired) electrons. The third-order valence-corrected chi connectivity index (χ3v) is 2.43. The van der Waals surface area contributed by atoms with Crippen LogP contribution in [0.15, 0.2) is 24.7 Å². The number of hydrogen-bond acceptors (Lipinski definition) is 5. The number of carboxylic acid groups (broad SMARTS) is 1. The monoisotopic (exact) mass is 244 g/mol. The molecule has 0 aliphatic rings. The van der Waals surface area contributed by atoms with Crippen LogP contribution in [0, 0.1) is 0 Å². The summed E-state index contributed by atoms with van der Waals surface area (Å²) in [4.78, 5) is 18.6. The van der Waals surface area contributed by atoms with Gasteiger partial charge in [0.05, 0.1) is 11.9 Å². The molecule has 0 atom stereocenters. The van der Waals surface area contributed by atoms with Crippen LogP contribution in [0.5, 0.6) is 0 Å². The summed E-state index contributed by atoms with van der Waals surface area (Å²) in [5.74, 6) is -1.22. The van der Waals surface area contributed by atoms with E-state index in [1.54, 1.807) is 36.4 Å². The van der Waals surface area contributed by atoms with Gasteiger partial charge in [0.15, 0.2) is 0 Å². The Morgan fingerprint density at radius 2 is 2.28 bits per heavy atom. The maximum Gasteiger partial charge on any atom is 0.375 e. The van der Waals surface area contributed by atoms with Crippen molar-refractivity contribution in [2.75, 3.05) is 0 Å². The maximum atomic E-state index is 10.8. The van der Waals surface area contributed by atoms with Crippen molar-refractivity contribution in [1.29, 1.82) is 0 Å². The molecule has 0 unspecified atom stereocenters. The minimum Gasteiger partial charge on any atom is -0.475 e. The molecule has 3 aromatic heterocycles. The summed E-state index contributed by atoms with van der Waals surface area (Å²) in [6.07, 6.45) is 5.02. The molecule has 8 nitrogen and oxygen atoms in total. The molecule has 1 N–H and O–H groups in total. The zero-order valence-corrected chi connectivity index (χ0v) is 9.35. The van der Waals surface area contributed by atoms with Crippen molar-refractivity contribution in [2.24, 2.45) is 7.05 Å².